The Bertz CT molecular complexity index is 239. The normalized spacial score (nSPS) is 36.8. The first kappa shape index (κ1) is 12.3. The number of rotatable bonds is 2. The van der Waals surface area contributed by atoms with Gasteiger partial charge in [-0.3, -0.25) is 4.90 Å². The van der Waals surface area contributed by atoms with Crippen molar-refractivity contribution in [2.45, 2.75) is 38.8 Å². The van der Waals surface area contributed by atoms with E-state index in [2.05, 4.69) is 42.9 Å². The van der Waals surface area contributed by atoms with Gasteiger partial charge in [0.1, 0.15) is 0 Å². The monoisotopic (exact) mass is 225 g/mol. The Hall–Kier alpha value is -0.120. The second-order valence-electron chi connectivity index (χ2n) is 6.46. The van der Waals surface area contributed by atoms with Crippen molar-refractivity contribution in [2.75, 3.05) is 39.8 Å². The fourth-order valence-electron chi connectivity index (χ4n) is 3.02. The lowest BCUT2D eigenvalue weighted by Crippen LogP contribution is -2.61. The third kappa shape index (κ3) is 2.96. The quantitative estimate of drug-likeness (QED) is 0.757. The number of nitrogens with one attached hydrogen (secondary N) is 1. The molecule has 0 aromatic rings. The second kappa shape index (κ2) is 4.63. The minimum atomic E-state index is 0.289. The average Bonchev–Trinajstić information content (AvgIpc) is 2.58. The molecule has 16 heavy (non-hydrogen) atoms. The predicted octanol–water partition coefficient (Wildman–Crippen LogP) is 1.01. The number of hydrogen-bond acceptors (Lipinski definition) is 3. The average molecular weight is 225 g/mol. The van der Waals surface area contributed by atoms with Gasteiger partial charge in [-0.25, -0.2) is 0 Å². The third-order valence-corrected chi connectivity index (χ3v) is 4.08. The first-order valence-electron chi connectivity index (χ1n) is 6.64. The molecular formula is C13H27N3. The number of nitrogens with zero attached hydrogens (tertiary/aromatic N) is 2. The lowest BCUT2D eigenvalue weighted by Gasteiger charge is -2.44. The smallest absolute Gasteiger partial charge is 0.0252 e. The summed E-state index contributed by atoms with van der Waals surface area (Å²) in [6, 6.07) is 0.693. The van der Waals surface area contributed by atoms with E-state index in [9.17, 15) is 0 Å². The molecular weight excluding hydrogens is 198 g/mol. The van der Waals surface area contributed by atoms with Gasteiger partial charge in [0.2, 0.25) is 0 Å². The largest absolute Gasteiger partial charge is 0.309 e. The highest BCUT2D eigenvalue weighted by Gasteiger charge is 2.32. The van der Waals surface area contributed by atoms with Crippen molar-refractivity contribution in [1.29, 1.82) is 0 Å². The van der Waals surface area contributed by atoms with Crippen molar-refractivity contribution in [3.8, 4) is 0 Å². The van der Waals surface area contributed by atoms with E-state index < -0.39 is 0 Å². The van der Waals surface area contributed by atoms with E-state index in [0.29, 0.717) is 6.04 Å². The first-order valence-corrected chi connectivity index (χ1v) is 6.64. The van der Waals surface area contributed by atoms with Crippen LogP contribution in [-0.4, -0.2) is 61.2 Å². The molecule has 2 saturated heterocycles. The van der Waals surface area contributed by atoms with Crippen LogP contribution in [-0.2, 0) is 0 Å². The highest BCUT2D eigenvalue weighted by Crippen LogP contribution is 2.21. The molecule has 1 N–H and O–H groups in total. The second-order valence-corrected chi connectivity index (χ2v) is 6.46. The van der Waals surface area contributed by atoms with Crippen molar-refractivity contribution in [1.82, 2.24) is 15.1 Å². The van der Waals surface area contributed by atoms with Crippen LogP contribution in [0, 0.1) is 5.92 Å². The molecule has 2 heterocycles. The van der Waals surface area contributed by atoms with E-state index in [-0.39, 0.29) is 5.54 Å². The Morgan fingerprint density at radius 2 is 2.12 bits per heavy atom. The molecule has 3 heteroatoms. The van der Waals surface area contributed by atoms with Crippen LogP contribution in [0.5, 0.6) is 0 Å². The Morgan fingerprint density at radius 1 is 1.38 bits per heavy atom. The van der Waals surface area contributed by atoms with Gasteiger partial charge < -0.3 is 10.2 Å². The van der Waals surface area contributed by atoms with E-state index in [1.807, 2.05) is 0 Å². The van der Waals surface area contributed by atoms with Gasteiger partial charge in [-0.05, 0) is 46.7 Å². The molecule has 2 aliphatic rings. The van der Waals surface area contributed by atoms with Gasteiger partial charge in [-0.15, -0.1) is 0 Å². The highest BCUT2D eigenvalue weighted by atomic mass is 15.3. The minimum Gasteiger partial charge on any atom is -0.309 e. The van der Waals surface area contributed by atoms with Crippen molar-refractivity contribution >= 4 is 0 Å². The summed E-state index contributed by atoms with van der Waals surface area (Å²) in [7, 11) is 2.24. The van der Waals surface area contributed by atoms with Gasteiger partial charge in [0.15, 0.2) is 0 Å². The third-order valence-electron chi connectivity index (χ3n) is 4.08. The molecule has 0 aliphatic carbocycles. The van der Waals surface area contributed by atoms with Gasteiger partial charge in [-0.2, -0.15) is 0 Å². The van der Waals surface area contributed by atoms with Crippen LogP contribution in [0.2, 0.25) is 0 Å². The van der Waals surface area contributed by atoms with Crippen molar-refractivity contribution in [3.63, 3.8) is 0 Å². The molecule has 2 aliphatic heterocycles. The summed E-state index contributed by atoms with van der Waals surface area (Å²) in [5.74, 6) is 0.890. The first-order chi connectivity index (χ1) is 7.46. The lowest BCUT2D eigenvalue weighted by atomic mass is 9.97. The van der Waals surface area contributed by atoms with Gasteiger partial charge in [0.05, 0.1) is 0 Å². The zero-order chi connectivity index (χ0) is 11.8. The van der Waals surface area contributed by atoms with Crippen LogP contribution in [0.1, 0.15) is 27.2 Å². The molecule has 2 atom stereocenters. The van der Waals surface area contributed by atoms with Crippen molar-refractivity contribution in [2.24, 2.45) is 5.92 Å². The van der Waals surface area contributed by atoms with E-state index in [1.54, 1.807) is 0 Å². The number of piperazine rings is 1. The summed E-state index contributed by atoms with van der Waals surface area (Å²) >= 11 is 0. The molecule has 2 fully saturated rings. The van der Waals surface area contributed by atoms with Gasteiger partial charge >= 0.3 is 0 Å². The maximum absolute atomic E-state index is 3.62. The maximum Gasteiger partial charge on any atom is 0.0252 e. The lowest BCUT2D eigenvalue weighted by molar-refractivity contribution is 0.0891. The van der Waals surface area contributed by atoms with E-state index in [1.165, 1.54) is 32.6 Å². The Balaban J connectivity index is 1.87. The summed E-state index contributed by atoms with van der Waals surface area (Å²) in [6.45, 7) is 13.2. The predicted molar refractivity (Wildman–Crippen MR) is 68.7 cm³/mol. The Morgan fingerprint density at radius 3 is 2.75 bits per heavy atom. The molecule has 0 bridgehead atoms. The fraction of sp³-hybridized carbons (Fsp3) is 1.00. The zero-order valence-corrected chi connectivity index (χ0v) is 11.3. The zero-order valence-electron chi connectivity index (χ0n) is 11.3. The van der Waals surface area contributed by atoms with Gasteiger partial charge in [0, 0.05) is 37.8 Å². The topological polar surface area (TPSA) is 18.5 Å². The molecule has 0 spiro atoms. The summed E-state index contributed by atoms with van der Waals surface area (Å²) < 4.78 is 0. The maximum atomic E-state index is 3.62. The minimum absolute atomic E-state index is 0.289. The van der Waals surface area contributed by atoms with E-state index in [4.69, 9.17) is 0 Å². The van der Waals surface area contributed by atoms with Gasteiger partial charge in [-0.1, -0.05) is 0 Å². The molecule has 0 aromatic carbocycles. The Labute approximate surface area is 100 Å². The molecule has 0 saturated carbocycles. The molecule has 0 radical (unpaired) electrons. The fourth-order valence-corrected chi connectivity index (χ4v) is 3.02. The van der Waals surface area contributed by atoms with Crippen LogP contribution < -0.4 is 5.32 Å². The van der Waals surface area contributed by atoms with Crippen molar-refractivity contribution < 1.29 is 0 Å². The van der Waals surface area contributed by atoms with Crippen LogP contribution in [0.4, 0.5) is 0 Å². The standard InChI is InChI=1S/C13H27N3/c1-11-7-14-13(2,3)10-16(11)9-12-5-6-15(4)8-12/h11-12,14H,5-10H2,1-4H3. The molecule has 2 rings (SSSR count). The van der Waals surface area contributed by atoms with Gasteiger partial charge in [0.25, 0.3) is 0 Å². The molecule has 2 unspecified atom stereocenters. The molecule has 3 nitrogen and oxygen atoms in total. The SMILES string of the molecule is CC1CNC(C)(C)CN1CC1CCN(C)C1. The van der Waals surface area contributed by atoms with Crippen molar-refractivity contribution in [3.05, 3.63) is 0 Å². The molecule has 94 valence electrons. The van der Waals surface area contributed by atoms with E-state index in [0.717, 1.165) is 12.5 Å². The van der Waals surface area contributed by atoms with Crippen LogP contribution >= 0.6 is 0 Å². The Kier molecular flexibility index (Phi) is 3.57. The summed E-state index contributed by atoms with van der Waals surface area (Å²) in [6.07, 6.45) is 1.38. The summed E-state index contributed by atoms with van der Waals surface area (Å²) in [4.78, 5) is 5.14. The summed E-state index contributed by atoms with van der Waals surface area (Å²) in [5.41, 5.74) is 0.289. The highest BCUT2D eigenvalue weighted by molar-refractivity contribution is 4.92. The number of hydrogen-bond donors (Lipinski definition) is 1. The van der Waals surface area contributed by atoms with E-state index >= 15 is 0 Å². The van der Waals surface area contributed by atoms with Crippen LogP contribution in [0.3, 0.4) is 0 Å². The number of likely N-dealkylation sites (tertiary alicyclic amines) is 1. The van der Waals surface area contributed by atoms with Crippen LogP contribution in [0.15, 0.2) is 0 Å². The summed E-state index contributed by atoms with van der Waals surface area (Å²) in [5, 5.41) is 3.62. The molecule has 0 aromatic heterocycles. The molecule has 0 amide bonds. The van der Waals surface area contributed by atoms with Crippen LogP contribution in [0.25, 0.3) is 0 Å².